The number of thiophene rings is 1. The maximum atomic E-state index is 12.8. The Labute approximate surface area is 135 Å². The average molecular weight is 365 g/mol. The van der Waals surface area contributed by atoms with Gasteiger partial charge in [-0.15, -0.1) is 11.3 Å². The van der Waals surface area contributed by atoms with E-state index in [9.17, 15) is 26.7 Å². The van der Waals surface area contributed by atoms with E-state index in [4.69, 9.17) is 0 Å². The van der Waals surface area contributed by atoms with Crippen molar-refractivity contribution in [3.63, 3.8) is 0 Å². The summed E-state index contributed by atoms with van der Waals surface area (Å²) in [6.45, 7) is 2.40. The zero-order chi connectivity index (χ0) is 17.5. The molecule has 0 radical (unpaired) electrons. The number of hydrogen-bond donors (Lipinski definition) is 2. The van der Waals surface area contributed by atoms with Gasteiger partial charge >= 0.3 is 6.18 Å². The highest BCUT2D eigenvalue weighted by atomic mass is 32.2. The fraction of sp³-hybridized carbons (Fsp3) is 0.286. The van der Waals surface area contributed by atoms with Gasteiger partial charge < -0.3 is 5.11 Å². The van der Waals surface area contributed by atoms with Crippen molar-refractivity contribution >= 4 is 27.0 Å². The van der Waals surface area contributed by atoms with E-state index in [1.165, 1.54) is 18.2 Å². The normalized spacial score (nSPS) is 15.2. The van der Waals surface area contributed by atoms with E-state index < -0.39 is 21.8 Å². The van der Waals surface area contributed by atoms with Gasteiger partial charge in [-0.05, 0) is 43.7 Å². The Balaban J connectivity index is 2.24. The minimum Gasteiger partial charge on any atom is -0.376 e. The lowest BCUT2D eigenvalue weighted by Crippen LogP contribution is -2.39. The summed E-state index contributed by atoms with van der Waals surface area (Å²) in [6.07, 6.45) is -4.83. The molecule has 0 bridgehead atoms. The molecular weight excluding hydrogens is 351 g/mol. The number of aliphatic hydroxyl groups is 1. The fourth-order valence-corrected chi connectivity index (χ4v) is 4.13. The number of aryl methyl sites for hydroxylation is 1. The lowest BCUT2D eigenvalue weighted by molar-refractivity contribution is -0.258. The van der Waals surface area contributed by atoms with Crippen LogP contribution >= 0.6 is 11.3 Å². The van der Waals surface area contributed by atoms with Gasteiger partial charge in [0.05, 0.1) is 0 Å². The molecule has 4 nitrogen and oxygen atoms in total. The van der Waals surface area contributed by atoms with Crippen LogP contribution in [0.15, 0.2) is 40.6 Å². The van der Waals surface area contributed by atoms with Gasteiger partial charge in [0.15, 0.2) is 5.60 Å². The number of rotatable bonds is 4. The summed E-state index contributed by atoms with van der Waals surface area (Å²) in [4.78, 5) is 0.821. The maximum absolute atomic E-state index is 12.8. The van der Waals surface area contributed by atoms with E-state index >= 15 is 0 Å². The van der Waals surface area contributed by atoms with E-state index in [1.807, 2.05) is 0 Å². The first kappa shape index (κ1) is 17.8. The van der Waals surface area contributed by atoms with Crippen LogP contribution in [0.25, 0.3) is 0 Å². The molecule has 2 aromatic rings. The Morgan fingerprint density at radius 2 is 1.65 bits per heavy atom. The molecule has 0 spiro atoms. The van der Waals surface area contributed by atoms with Crippen LogP contribution < -0.4 is 4.72 Å². The first-order chi connectivity index (χ1) is 10.4. The average Bonchev–Trinajstić information content (AvgIpc) is 2.85. The number of alkyl halides is 3. The predicted molar refractivity (Wildman–Crippen MR) is 81.9 cm³/mol. The summed E-state index contributed by atoms with van der Waals surface area (Å²) in [7, 11) is -3.79. The van der Waals surface area contributed by atoms with Gasteiger partial charge in [-0.1, -0.05) is 12.1 Å². The van der Waals surface area contributed by atoms with Crippen LogP contribution in [0.3, 0.4) is 0 Å². The predicted octanol–water partition coefficient (Wildman–Crippen LogP) is 3.63. The molecule has 0 saturated heterocycles. The second kappa shape index (κ2) is 5.81. The molecule has 1 atom stereocenters. The molecule has 2 rings (SSSR count). The smallest absolute Gasteiger partial charge is 0.376 e. The maximum Gasteiger partial charge on any atom is 0.421 e. The molecule has 126 valence electrons. The van der Waals surface area contributed by atoms with E-state index in [2.05, 4.69) is 4.72 Å². The zero-order valence-electron chi connectivity index (χ0n) is 12.2. The molecule has 0 aliphatic rings. The summed E-state index contributed by atoms with van der Waals surface area (Å²) < 4.78 is 64.9. The third-order valence-electron chi connectivity index (χ3n) is 3.23. The van der Waals surface area contributed by atoms with E-state index in [0.717, 1.165) is 28.3 Å². The van der Waals surface area contributed by atoms with Crippen LogP contribution in [-0.4, -0.2) is 19.7 Å². The van der Waals surface area contributed by atoms with E-state index in [-0.39, 0.29) is 15.5 Å². The van der Waals surface area contributed by atoms with Crippen molar-refractivity contribution in [1.29, 1.82) is 0 Å². The Kier molecular flexibility index (Phi) is 4.49. The number of benzene rings is 1. The van der Waals surface area contributed by atoms with Crippen LogP contribution in [0.2, 0.25) is 0 Å². The lowest BCUT2D eigenvalue weighted by Gasteiger charge is -2.26. The first-order valence-electron chi connectivity index (χ1n) is 6.42. The van der Waals surface area contributed by atoms with Gasteiger partial charge in [-0.2, -0.15) is 13.2 Å². The van der Waals surface area contributed by atoms with Crippen LogP contribution in [0, 0.1) is 6.92 Å². The van der Waals surface area contributed by atoms with Crippen molar-refractivity contribution in [3.8, 4) is 0 Å². The molecule has 1 unspecified atom stereocenters. The van der Waals surface area contributed by atoms with Crippen molar-refractivity contribution in [2.45, 2.75) is 29.8 Å². The van der Waals surface area contributed by atoms with Crippen molar-refractivity contribution in [3.05, 3.63) is 46.8 Å². The molecular formula is C14H14F3NO3S2. The Morgan fingerprint density at radius 3 is 2.09 bits per heavy atom. The molecule has 0 amide bonds. The van der Waals surface area contributed by atoms with Crippen LogP contribution in [-0.2, 0) is 15.6 Å². The number of anilines is 1. The quantitative estimate of drug-likeness (QED) is 0.870. The highest BCUT2D eigenvalue weighted by Gasteiger charge is 2.51. The summed E-state index contributed by atoms with van der Waals surface area (Å²) in [5, 5.41) is 9.56. The molecule has 23 heavy (non-hydrogen) atoms. The van der Waals surface area contributed by atoms with Crippen LogP contribution in [0.1, 0.15) is 17.4 Å². The number of hydrogen-bond acceptors (Lipinski definition) is 4. The highest BCUT2D eigenvalue weighted by molar-refractivity contribution is 7.94. The zero-order valence-corrected chi connectivity index (χ0v) is 13.8. The topological polar surface area (TPSA) is 66.4 Å². The minimum absolute atomic E-state index is 0.109. The number of halogens is 3. The van der Waals surface area contributed by atoms with Gasteiger partial charge in [0.2, 0.25) is 0 Å². The molecule has 0 aliphatic heterocycles. The van der Waals surface area contributed by atoms with E-state index in [0.29, 0.717) is 6.92 Å². The Hall–Kier alpha value is -1.58. The molecule has 0 fully saturated rings. The summed E-state index contributed by atoms with van der Waals surface area (Å²) in [5.41, 5.74) is -3.27. The highest BCUT2D eigenvalue weighted by Crippen LogP contribution is 2.38. The Morgan fingerprint density at radius 1 is 1.09 bits per heavy atom. The van der Waals surface area contributed by atoms with Crippen molar-refractivity contribution in [2.75, 3.05) is 4.72 Å². The molecule has 0 aliphatic carbocycles. The SMILES string of the molecule is Cc1ccc(S(=O)(=O)Nc2ccc(C(C)(O)C(F)(F)F)cc2)s1. The van der Waals surface area contributed by atoms with Crippen LogP contribution in [0.5, 0.6) is 0 Å². The fourth-order valence-electron chi connectivity index (χ4n) is 1.79. The molecule has 9 heteroatoms. The van der Waals surface area contributed by atoms with Crippen LogP contribution in [0.4, 0.5) is 18.9 Å². The monoisotopic (exact) mass is 365 g/mol. The second-order valence-corrected chi connectivity index (χ2v) is 8.32. The summed E-state index contributed by atoms with van der Waals surface area (Å²) in [6, 6.07) is 7.52. The van der Waals surface area contributed by atoms with Gasteiger partial charge in [-0.25, -0.2) is 8.42 Å². The molecule has 1 aromatic carbocycles. The standard InChI is InChI=1S/C14H14F3NO3S2/c1-9-3-8-12(22-9)23(20,21)18-11-6-4-10(5-7-11)13(2,19)14(15,16)17/h3-8,18-19H,1-2H3. The summed E-state index contributed by atoms with van der Waals surface area (Å²) in [5.74, 6) is 0. The number of sulfonamides is 1. The van der Waals surface area contributed by atoms with Crippen molar-refractivity contribution in [1.82, 2.24) is 0 Å². The second-order valence-electron chi connectivity index (χ2n) is 5.12. The molecule has 1 aromatic heterocycles. The lowest BCUT2D eigenvalue weighted by atomic mass is 9.95. The van der Waals surface area contributed by atoms with Gasteiger partial charge in [-0.3, -0.25) is 4.72 Å². The molecule has 0 saturated carbocycles. The van der Waals surface area contributed by atoms with Crippen molar-refractivity contribution in [2.24, 2.45) is 0 Å². The third-order valence-corrected chi connectivity index (χ3v) is 6.11. The molecule has 2 N–H and O–H groups in total. The van der Waals surface area contributed by atoms with Crippen molar-refractivity contribution < 1.29 is 26.7 Å². The van der Waals surface area contributed by atoms with E-state index in [1.54, 1.807) is 13.0 Å². The van der Waals surface area contributed by atoms with Gasteiger partial charge in [0, 0.05) is 10.6 Å². The first-order valence-corrected chi connectivity index (χ1v) is 8.72. The van der Waals surface area contributed by atoms with Gasteiger partial charge in [0.1, 0.15) is 4.21 Å². The summed E-state index contributed by atoms with van der Waals surface area (Å²) >= 11 is 1.09. The van der Waals surface area contributed by atoms with Gasteiger partial charge in [0.25, 0.3) is 10.0 Å². The molecule has 1 heterocycles. The largest absolute Gasteiger partial charge is 0.421 e. The third kappa shape index (κ3) is 3.67. The Bertz CT molecular complexity index is 793. The number of nitrogens with one attached hydrogen (secondary N) is 1. The minimum atomic E-state index is -4.83.